The molecule has 1 saturated heterocycles. The van der Waals surface area contributed by atoms with E-state index in [1.807, 2.05) is 4.90 Å². The van der Waals surface area contributed by atoms with E-state index < -0.39 is 11.6 Å². The average molecular weight is 291 g/mol. The predicted octanol–water partition coefficient (Wildman–Crippen LogP) is 2.53. The normalized spacial score (nSPS) is 17.3. The smallest absolute Gasteiger partial charge is 0.150 e. The van der Waals surface area contributed by atoms with Crippen molar-refractivity contribution >= 4 is 21.6 Å². The SMILES string of the molecule is Fc1cc(F)c(N2CCCNCC2)c(Br)c1. The van der Waals surface area contributed by atoms with Gasteiger partial charge in [-0.2, -0.15) is 0 Å². The molecule has 0 unspecified atom stereocenters. The van der Waals surface area contributed by atoms with E-state index in [9.17, 15) is 8.78 Å². The fraction of sp³-hybridized carbons (Fsp3) is 0.455. The predicted molar refractivity (Wildman–Crippen MR) is 63.8 cm³/mol. The summed E-state index contributed by atoms with van der Waals surface area (Å²) in [6, 6.07) is 2.23. The molecule has 16 heavy (non-hydrogen) atoms. The zero-order chi connectivity index (χ0) is 11.5. The minimum absolute atomic E-state index is 0.463. The third kappa shape index (κ3) is 2.52. The summed E-state index contributed by atoms with van der Waals surface area (Å²) < 4.78 is 27.1. The Morgan fingerprint density at radius 2 is 2.00 bits per heavy atom. The molecular formula is C11H13BrF2N2. The van der Waals surface area contributed by atoms with Crippen LogP contribution in [0.15, 0.2) is 16.6 Å². The highest BCUT2D eigenvalue weighted by Gasteiger charge is 2.17. The molecule has 0 atom stereocenters. The van der Waals surface area contributed by atoms with Crippen LogP contribution in [0.2, 0.25) is 0 Å². The summed E-state index contributed by atoms with van der Waals surface area (Å²) in [5, 5.41) is 3.24. The topological polar surface area (TPSA) is 15.3 Å². The van der Waals surface area contributed by atoms with E-state index in [4.69, 9.17) is 0 Å². The summed E-state index contributed by atoms with van der Waals surface area (Å²) in [4.78, 5) is 1.94. The molecule has 2 nitrogen and oxygen atoms in total. The minimum Gasteiger partial charge on any atom is -0.367 e. The summed E-state index contributed by atoms with van der Waals surface area (Å²) in [5.74, 6) is -1.06. The van der Waals surface area contributed by atoms with Gasteiger partial charge in [-0.3, -0.25) is 0 Å². The lowest BCUT2D eigenvalue weighted by Crippen LogP contribution is -2.29. The van der Waals surface area contributed by atoms with Crippen LogP contribution in [0, 0.1) is 11.6 Å². The van der Waals surface area contributed by atoms with Gasteiger partial charge in [-0.15, -0.1) is 0 Å². The summed E-state index contributed by atoms with van der Waals surface area (Å²) in [6.07, 6.45) is 0.962. The first-order valence-electron chi connectivity index (χ1n) is 5.28. The number of halogens is 3. The molecule has 0 aliphatic carbocycles. The van der Waals surface area contributed by atoms with Crippen molar-refractivity contribution < 1.29 is 8.78 Å². The summed E-state index contributed by atoms with van der Waals surface area (Å²) in [5.41, 5.74) is 0.463. The standard InChI is InChI=1S/C11H13BrF2N2/c12-9-6-8(13)7-10(14)11(9)16-4-1-2-15-3-5-16/h6-7,15H,1-5H2. The van der Waals surface area contributed by atoms with E-state index in [2.05, 4.69) is 21.2 Å². The molecule has 0 bridgehead atoms. The molecule has 0 amide bonds. The number of hydrogen-bond acceptors (Lipinski definition) is 2. The van der Waals surface area contributed by atoms with E-state index >= 15 is 0 Å². The number of benzene rings is 1. The minimum atomic E-state index is -0.555. The Bertz CT molecular complexity index is 353. The van der Waals surface area contributed by atoms with Crippen LogP contribution in [0.25, 0.3) is 0 Å². The largest absolute Gasteiger partial charge is 0.367 e. The Balaban J connectivity index is 2.31. The van der Waals surface area contributed by atoms with Gasteiger partial charge in [-0.1, -0.05) is 0 Å². The van der Waals surface area contributed by atoms with E-state index in [1.54, 1.807) is 0 Å². The van der Waals surface area contributed by atoms with Gasteiger partial charge in [0.1, 0.15) is 5.82 Å². The van der Waals surface area contributed by atoms with Crippen molar-refractivity contribution in [2.75, 3.05) is 31.1 Å². The molecule has 1 heterocycles. The van der Waals surface area contributed by atoms with Crippen molar-refractivity contribution in [2.45, 2.75) is 6.42 Å². The van der Waals surface area contributed by atoms with Crippen molar-refractivity contribution in [1.82, 2.24) is 5.32 Å². The van der Waals surface area contributed by atoms with Gasteiger partial charge in [0.2, 0.25) is 0 Å². The maximum absolute atomic E-state index is 13.7. The lowest BCUT2D eigenvalue weighted by Gasteiger charge is -2.24. The molecule has 88 valence electrons. The van der Waals surface area contributed by atoms with E-state index in [1.165, 1.54) is 6.07 Å². The van der Waals surface area contributed by atoms with Gasteiger partial charge in [-0.05, 0) is 35.0 Å². The molecule has 0 saturated carbocycles. The molecular weight excluding hydrogens is 278 g/mol. The van der Waals surface area contributed by atoms with E-state index in [0.717, 1.165) is 38.7 Å². The molecule has 1 aromatic rings. The molecule has 1 aliphatic rings. The molecule has 1 fully saturated rings. The van der Waals surface area contributed by atoms with Gasteiger partial charge in [0.15, 0.2) is 5.82 Å². The van der Waals surface area contributed by atoms with Crippen LogP contribution in [-0.2, 0) is 0 Å². The zero-order valence-corrected chi connectivity index (χ0v) is 10.4. The Kier molecular flexibility index (Phi) is 3.76. The molecule has 2 rings (SSSR count). The van der Waals surface area contributed by atoms with Gasteiger partial charge in [-0.25, -0.2) is 8.78 Å². The third-order valence-corrected chi connectivity index (χ3v) is 3.24. The van der Waals surface area contributed by atoms with E-state index in [0.29, 0.717) is 10.2 Å². The van der Waals surface area contributed by atoms with Gasteiger partial charge in [0.25, 0.3) is 0 Å². The van der Waals surface area contributed by atoms with Gasteiger partial charge < -0.3 is 10.2 Å². The monoisotopic (exact) mass is 290 g/mol. The fourth-order valence-corrected chi connectivity index (χ4v) is 2.56. The van der Waals surface area contributed by atoms with Crippen molar-refractivity contribution in [1.29, 1.82) is 0 Å². The first-order chi connectivity index (χ1) is 7.68. The first kappa shape index (κ1) is 11.8. The van der Waals surface area contributed by atoms with Crippen LogP contribution in [0.5, 0.6) is 0 Å². The van der Waals surface area contributed by atoms with E-state index in [-0.39, 0.29) is 0 Å². The van der Waals surface area contributed by atoms with Crippen molar-refractivity contribution in [3.05, 3.63) is 28.2 Å². The van der Waals surface area contributed by atoms with Crippen molar-refractivity contribution in [2.24, 2.45) is 0 Å². The second kappa shape index (κ2) is 5.10. The number of nitrogens with one attached hydrogen (secondary N) is 1. The highest BCUT2D eigenvalue weighted by atomic mass is 79.9. The molecule has 0 aromatic heterocycles. The zero-order valence-electron chi connectivity index (χ0n) is 8.77. The average Bonchev–Trinajstić information content (AvgIpc) is 2.44. The highest BCUT2D eigenvalue weighted by Crippen LogP contribution is 2.30. The van der Waals surface area contributed by atoms with Crippen molar-refractivity contribution in [3.63, 3.8) is 0 Å². The second-order valence-electron chi connectivity index (χ2n) is 3.81. The van der Waals surface area contributed by atoms with Gasteiger partial charge in [0, 0.05) is 30.2 Å². The first-order valence-corrected chi connectivity index (χ1v) is 6.08. The molecule has 0 spiro atoms. The highest BCUT2D eigenvalue weighted by molar-refractivity contribution is 9.10. The van der Waals surface area contributed by atoms with Crippen LogP contribution >= 0.6 is 15.9 Å². The molecule has 1 aliphatic heterocycles. The Morgan fingerprint density at radius 3 is 2.75 bits per heavy atom. The van der Waals surface area contributed by atoms with Crippen LogP contribution in [0.3, 0.4) is 0 Å². The number of nitrogens with zero attached hydrogens (tertiary/aromatic N) is 1. The Labute approximate surface area is 102 Å². The van der Waals surface area contributed by atoms with Crippen LogP contribution in [0.1, 0.15) is 6.42 Å². The summed E-state index contributed by atoms with van der Waals surface area (Å²) >= 11 is 3.22. The quantitative estimate of drug-likeness (QED) is 0.855. The lowest BCUT2D eigenvalue weighted by molar-refractivity contribution is 0.577. The van der Waals surface area contributed by atoms with Gasteiger partial charge >= 0.3 is 0 Å². The third-order valence-electron chi connectivity index (χ3n) is 2.64. The molecule has 0 radical (unpaired) electrons. The maximum Gasteiger partial charge on any atom is 0.150 e. The number of hydrogen-bond donors (Lipinski definition) is 1. The number of rotatable bonds is 1. The maximum atomic E-state index is 13.7. The molecule has 1 N–H and O–H groups in total. The van der Waals surface area contributed by atoms with Crippen molar-refractivity contribution in [3.8, 4) is 0 Å². The summed E-state index contributed by atoms with van der Waals surface area (Å²) in [6.45, 7) is 3.29. The van der Waals surface area contributed by atoms with Crippen LogP contribution in [-0.4, -0.2) is 26.2 Å². The summed E-state index contributed by atoms with van der Waals surface area (Å²) in [7, 11) is 0. The fourth-order valence-electron chi connectivity index (χ4n) is 1.91. The van der Waals surface area contributed by atoms with Crippen LogP contribution < -0.4 is 10.2 Å². The number of anilines is 1. The molecule has 1 aromatic carbocycles. The lowest BCUT2D eigenvalue weighted by atomic mass is 10.2. The van der Waals surface area contributed by atoms with Gasteiger partial charge in [0.05, 0.1) is 5.69 Å². The Morgan fingerprint density at radius 1 is 1.19 bits per heavy atom. The second-order valence-corrected chi connectivity index (χ2v) is 4.66. The Hall–Kier alpha value is -0.680. The molecule has 5 heteroatoms. The van der Waals surface area contributed by atoms with Crippen LogP contribution in [0.4, 0.5) is 14.5 Å².